The molecular formula is C6H7ClN2O3S. The molecule has 72 valence electrons. The molecule has 0 atom stereocenters. The minimum absolute atomic E-state index is 0.0631. The maximum absolute atomic E-state index is 11.0. The third kappa shape index (κ3) is 2.30. The van der Waals surface area contributed by atoms with Crippen LogP contribution in [0.5, 0.6) is 5.88 Å². The van der Waals surface area contributed by atoms with Crippen molar-refractivity contribution in [3.63, 3.8) is 0 Å². The van der Waals surface area contributed by atoms with Gasteiger partial charge in [0.2, 0.25) is 15.9 Å². The molecule has 1 rings (SSSR count). The van der Waals surface area contributed by atoms with E-state index in [0.717, 1.165) is 0 Å². The van der Waals surface area contributed by atoms with Gasteiger partial charge in [0.15, 0.2) is 0 Å². The van der Waals surface area contributed by atoms with E-state index in [4.69, 9.17) is 21.5 Å². The zero-order valence-electron chi connectivity index (χ0n) is 6.69. The van der Waals surface area contributed by atoms with E-state index in [-0.39, 0.29) is 15.8 Å². The van der Waals surface area contributed by atoms with Crippen molar-refractivity contribution >= 4 is 21.6 Å². The summed E-state index contributed by atoms with van der Waals surface area (Å²) in [5.74, 6) is -0.0631. The van der Waals surface area contributed by atoms with Gasteiger partial charge in [-0.15, -0.1) is 0 Å². The van der Waals surface area contributed by atoms with Crippen LogP contribution in [0, 0.1) is 0 Å². The van der Waals surface area contributed by atoms with Gasteiger partial charge in [0.25, 0.3) is 0 Å². The number of methoxy groups -OCH3 is 1. The standard InChI is InChI=1S/C6H7ClN2O3S/c1-12-6-5(13(8,10)11)2-4(7)3-9-6/h2-3H,1H3,(H2,8,10,11). The Kier molecular flexibility index (Phi) is 2.74. The molecule has 1 aromatic rings. The molecule has 7 heteroatoms. The van der Waals surface area contributed by atoms with Gasteiger partial charge >= 0.3 is 0 Å². The van der Waals surface area contributed by atoms with Crippen LogP contribution in [0.2, 0.25) is 5.02 Å². The van der Waals surface area contributed by atoms with Crippen molar-refractivity contribution in [2.24, 2.45) is 5.14 Å². The minimum Gasteiger partial charge on any atom is -0.480 e. The van der Waals surface area contributed by atoms with Gasteiger partial charge in [-0.1, -0.05) is 11.6 Å². The average molecular weight is 223 g/mol. The fraction of sp³-hybridized carbons (Fsp3) is 0.167. The molecule has 0 aliphatic heterocycles. The summed E-state index contributed by atoms with van der Waals surface area (Å²) in [7, 11) is -2.54. The Morgan fingerprint density at radius 3 is 2.69 bits per heavy atom. The summed E-state index contributed by atoms with van der Waals surface area (Å²) in [6, 6.07) is 1.18. The van der Waals surface area contributed by atoms with Crippen LogP contribution < -0.4 is 9.88 Å². The normalized spacial score (nSPS) is 11.3. The Morgan fingerprint density at radius 1 is 1.62 bits per heavy atom. The average Bonchev–Trinajstić information content (AvgIpc) is 2.03. The van der Waals surface area contributed by atoms with E-state index in [1.54, 1.807) is 0 Å². The van der Waals surface area contributed by atoms with Gasteiger partial charge in [-0.2, -0.15) is 0 Å². The molecule has 1 aromatic heterocycles. The summed E-state index contributed by atoms with van der Waals surface area (Å²) in [6.45, 7) is 0. The zero-order valence-corrected chi connectivity index (χ0v) is 8.26. The second-order valence-corrected chi connectivity index (χ2v) is 4.17. The Balaban J connectivity index is 3.41. The summed E-state index contributed by atoms with van der Waals surface area (Å²) in [5, 5.41) is 5.08. The summed E-state index contributed by atoms with van der Waals surface area (Å²) in [4.78, 5) is 3.43. The Bertz CT molecular complexity index is 418. The van der Waals surface area contributed by atoms with Crippen molar-refractivity contribution in [1.29, 1.82) is 0 Å². The maximum Gasteiger partial charge on any atom is 0.243 e. The molecule has 2 N–H and O–H groups in total. The molecule has 0 aliphatic rings. The molecule has 0 aliphatic carbocycles. The predicted octanol–water partition coefficient (Wildman–Crippen LogP) is 0.391. The van der Waals surface area contributed by atoms with Crippen molar-refractivity contribution in [2.75, 3.05) is 7.11 Å². The number of nitrogens with zero attached hydrogens (tertiary/aromatic N) is 1. The molecule has 0 amide bonds. The molecule has 13 heavy (non-hydrogen) atoms. The predicted molar refractivity (Wildman–Crippen MR) is 47.2 cm³/mol. The van der Waals surface area contributed by atoms with E-state index in [1.165, 1.54) is 19.4 Å². The molecule has 0 spiro atoms. The molecule has 0 aromatic carbocycles. The number of halogens is 1. The van der Waals surface area contributed by atoms with E-state index < -0.39 is 10.0 Å². The van der Waals surface area contributed by atoms with E-state index in [2.05, 4.69) is 4.98 Å². The smallest absolute Gasteiger partial charge is 0.243 e. The van der Waals surface area contributed by atoms with Crippen LogP contribution in [-0.2, 0) is 10.0 Å². The number of aromatic nitrogens is 1. The minimum atomic E-state index is -3.84. The molecular weight excluding hydrogens is 216 g/mol. The summed E-state index contributed by atoms with van der Waals surface area (Å²) < 4.78 is 26.6. The van der Waals surface area contributed by atoms with E-state index in [9.17, 15) is 8.42 Å². The van der Waals surface area contributed by atoms with Crippen LogP contribution in [-0.4, -0.2) is 20.5 Å². The summed E-state index contributed by atoms with van der Waals surface area (Å²) in [5.41, 5.74) is 0. The molecule has 0 fully saturated rings. The van der Waals surface area contributed by atoms with E-state index in [1.807, 2.05) is 0 Å². The number of rotatable bonds is 2. The second kappa shape index (κ2) is 3.49. The molecule has 0 radical (unpaired) electrons. The number of ether oxygens (including phenoxy) is 1. The first-order chi connectivity index (χ1) is 5.95. The van der Waals surface area contributed by atoms with Crippen LogP contribution in [0.25, 0.3) is 0 Å². The summed E-state index contributed by atoms with van der Waals surface area (Å²) in [6.07, 6.45) is 1.27. The molecule has 0 saturated carbocycles. The van der Waals surface area contributed by atoms with Crippen molar-refractivity contribution in [3.8, 4) is 5.88 Å². The Labute approximate surface area is 80.5 Å². The summed E-state index contributed by atoms with van der Waals surface area (Å²) >= 11 is 5.54. The van der Waals surface area contributed by atoms with Crippen LogP contribution in [0.4, 0.5) is 0 Å². The van der Waals surface area contributed by atoms with Crippen LogP contribution in [0.15, 0.2) is 17.2 Å². The van der Waals surface area contributed by atoms with Crippen molar-refractivity contribution in [3.05, 3.63) is 17.3 Å². The third-order valence-electron chi connectivity index (χ3n) is 1.28. The monoisotopic (exact) mass is 222 g/mol. The van der Waals surface area contributed by atoms with Gasteiger partial charge in [0.1, 0.15) is 4.90 Å². The zero-order chi connectivity index (χ0) is 10.1. The highest BCUT2D eigenvalue weighted by Gasteiger charge is 2.16. The highest BCUT2D eigenvalue weighted by molar-refractivity contribution is 7.89. The first-order valence-corrected chi connectivity index (χ1v) is 5.10. The lowest BCUT2D eigenvalue weighted by Crippen LogP contribution is -2.14. The van der Waals surface area contributed by atoms with Crippen molar-refractivity contribution < 1.29 is 13.2 Å². The lowest BCUT2D eigenvalue weighted by Gasteiger charge is -2.04. The number of sulfonamides is 1. The Morgan fingerprint density at radius 2 is 2.23 bits per heavy atom. The first-order valence-electron chi connectivity index (χ1n) is 3.17. The van der Waals surface area contributed by atoms with Crippen molar-refractivity contribution in [2.45, 2.75) is 4.90 Å². The van der Waals surface area contributed by atoms with Gasteiger partial charge in [0, 0.05) is 6.20 Å². The third-order valence-corrected chi connectivity index (χ3v) is 2.40. The maximum atomic E-state index is 11.0. The quantitative estimate of drug-likeness (QED) is 0.785. The molecule has 0 unspecified atom stereocenters. The van der Waals surface area contributed by atoms with Gasteiger partial charge in [-0.05, 0) is 6.07 Å². The van der Waals surface area contributed by atoms with E-state index >= 15 is 0 Å². The highest BCUT2D eigenvalue weighted by Crippen LogP contribution is 2.22. The highest BCUT2D eigenvalue weighted by atomic mass is 35.5. The molecule has 0 saturated heterocycles. The molecule has 5 nitrogen and oxygen atoms in total. The van der Waals surface area contributed by atoms with Crippen LogP contribution in [0.1, 0.15) is 0 Å². The lowest BCUT2D eigenvalue weighted by molar-refractivity contribution is 0.385. The molecule has 1 heterocycles. The fourth-order valence-electron chi connectivity index (χ4n) is 0.765. The molecule has 0 bridgehead atoms. The fourth-order valence-corrected chi connectivity index (χ4v) is 1.66. The van der Waals surface area contributed by atoms with Crippen LogP contribution >= 0.6 is 11.6 Å². The topological polar surface area (TPSA) is 82.3 Å². The number of primary sulfonamides is 1. The van der Waals surface area contributed by atoms with Crippen LogP contribution in [0.3, 0.4) is 0 Å². The Hall–Kier alpha value is -0.850. The number of hydrogen-bond donors (Lipinski definition) is 1. The number of hydrogen-bond acceptors (Lipinski definition) is 4. The second-order valence-electron chi connectivity index (χ2n) is 2.21. The van der Waals surface area contributed by atoms with Crippen molar-refractivity contribution in [1.82, 2.24) is 4.98 Å². The number of pyridine rings is 1. The van der Waals surface area contributed by atoms with Gasteiger partial charge in [0.05, 0.1) is 12.1 Å². The van der Waals surface area contributed by atoms with Gasteiger partial charge < -0.3 is 4.74 Å². The SMILES string of the molecule is COc1ncc(Cl)cc1S(N)(=O)=O. The lowest BCUT2D eigenvalue weighted by atomic mass is 10.5. The largest absolute Gasteiger partial charge is 0.480 e. The first kappa shape index (κ1) is 10.2. The van der Waals surface area contributed by atoms with E-state index in [0.29, 0.717) is 0 Å². The number of nitrogens with two attached hydrogens (primary N) is 1. The van der Waals surface area contributed by atoms with Gasteiger partial charge in [-0.3, -0.25) is 0 Å². The van der Waals surface area contributed by atoms with Gasteiger partial charge in [-0.25, -0.2) is 18.5 Å².